The van der Waals surface area contributed by atoms with Gasteiger partial charge < -0.3 is 5.32 Å². The Morgan fingerprint density at radius 2 is 2.12 bits per heavy atom. The molecule has 1 N–H and O–H groups in total. The Morgan fingerprint density at radius 3 is 2.59 bits per heavy atom. The maximum absolute atomic E-state index is 4.52. The van der Waals surface area contributed by atoms with Gasteiger partial charge in [0, 0.05) is 25.8 Å². The Labute approximate surface area is 105 Å². The SMILES string of the molecule is CCC(CC)(CNC1CC1)Cc1ccn(C)n1. The third kappa shape index (κ3) is 3.32. The predicted octanol–water partition coefficient (Wildman–Crippen LogP) is 2.52. The van der Waals surface area contributed by atoms with Crippen molar-refractivity contribution in [1.82, 2.24) is 15.1 Å². The monoisotopic (exact) mass is 235 g/mol. The first-order chi connectivity index (χ1) is 8.17. The van der Waals surface area contributed by atoms with Gasteiger partial charge in [0.2, 0.25) is 0 Å². The van der Waals surface area contributed by atoms with Crippen LogP contribution in [0.3, 0.4) is 0 Å². The van der Waals surface area contributed by atoms with Gasteiger partial charge in [-0.3, -0.25) is 4.68 Å². The topological polar surface area (TPSA) is 29.9 Å². The number of aryl methyl sites for hydroxylation is 1. The van der Waals surface area contributed by atoms with Crippen LogP contribution in [0.1, 0.15) is 45.2 Å². The Bertz CT molecular complexity index is 348. The second-order valence-electron chi connectivity index (χ2n) is 5.52. The van der Waals surface area contributed by atoms with E-state index >= 15 is 0 Å². The van der Waals surface area contributed by atoms with Gasteiger partial charge in [-0.05, 0) is 43.6 Å². The Hall–Kier alpha value is -0.830. The van der Waals surface area contributed by atoms with Gasteiger partial charge in [-0.1, -0.05) is 13.8 Å². The maximum Gasteiger partial charge on any atom is 0.0630 e. The van der Waals surface area contributed by atoms with Crippen LogP contribution in [0.4, 0.5) is 0 Å². The zero-order chi connectivity index (χ0) is 12.3. The summed E-state index contributed by atoms with van der Waals surface area (Å²) in [5, 5.41) is 8.21. The number of hydrogen-bond acceptors (Lipinski definition) is 2. The highest BCUT2D eigenvalue weighted by molar-refractivity contribution is 5.04. The lowest BCUT2D eigenvalue weighted by Crippen LogP contribution is -2.36. The summed E-state index contributed by atoms with van der Waals surface area (Å²) in [4.78, 5) is 0. The number of aromatic nitrogens is 2. The van der Waals surface area contributed by atoms with E-state index in [0.29, 0.717) is 5.41 Å². The van der Waals surface area contributed by atoms with Crippen LogP contribution in [0, 0.1) is 5.41 Å². The van der Waals surface area contributed by atoms with E-state index < -0.39 is 0 Å². The molecule has 2 rings (SSSR count). The molecular formula is C14H25N3. The summed E-state index contributed by atoms with van der Waals surface area (Å²) >= 11 is 0. The molecule has 0 radical (unpaired) electrons. The second kappa shape index (κ2) is 5.21. The number of rotatable bonds is 7. The van der Waals surface area contributed by atoms with E-state index in [1.807, 2.05) is 17.9 Å². The predicted molar refractivity (Wildman–Crippen MR) is 71.0 cm³/mol. The van der Waals surface area contributed by atoms with E-state index in [1.165, 1.54) is 31.4 Å². The van der Waals surface area contributed by atoms with Crippen LogP contribution in [0.2, 0.25) is 0 Å². The molecule has 1 saturated carbocycles. The third-order valence-corrected chi connectivity index (χ3v) is 4.17. The highest BCUT2D eigenvalue weighted by Crippen LogP contribution is 2.31. The first-order valence-electron chi connectivity index (χ1n) is 6.89. The maximum atomic E-state index is 4.52. The molecule has 3 heteroatoms. The van der Waals surface area contributed by atoms with Gasteiger partial charge in [-0.25, -0.2) is 0 Å². The fourth-order valence-electron chi connectivity index (χ4n) is 2.40. The number of nitrogens with one attached hydrogen (secondary N) is 1. The van der Waals surface area contributed by atoms with Gasteiger partial charge in [-0.15, -0.1) is 0 Å². The standard InChI is InChI=1S/C14H25N3/c1-4-14(5-2,11-15-12-6-7-12)10-13-8-9-17(3)16-13/h8-9,12,15H,4-7,10-11H2,1-3H3. The zero-order valence-corrected chi connectivity index (χ0v) is 11.4. The molecule has 0 unspecified atom stereocenters. The van der Waals surface area contributed by atoms with Crippen LogP contribution in [-0.2, 0) is 13.5 Å². The van der Waals surface area contributed by atoms with Crippen LogP contribution in [0.25, 0.3) is 0 Å². The van der Waals surface area contributed by atoms with Crippen molar-refractivity contribution in [3.05, 3.63) is 18.0 Å². The lowest BCUT2D eigenvalue weighted by Gasteiger charge is -2.31. The molecule has 1 aromatic heterocycles. The quantitative estimate of drug-likeness (QED) is 0.787. The van der Waals surface area contributed by atoms with Gasteiger partial charge in [0.1, 0.15) is 0 Å². The lowest BCUT2D eigenvalue weighted by molar-refractivity contribution is 0.242. The van der Waals surface area contributed by atoms with Gasteiger partial charge in [0.15, 0.2) is 0 Å². The van der Waals surface area contributed by atoms with Gasteiger partial charge in [-0.2, -0.15) is 5.10 Å². The molecule has 96 valence electrons. The van der Waals surface area contributed by atoms with Crippen molar-refractivity contribution in [1.29, 1.82) is 0 Å². The van der Waals surface area contributed by atoms with E-state index in [2.05, 4.69) is 30.3 Å². The van der Waals surface area contributed by atoms with Crippen molar-refractivity contribution in [2.75, 3.05) is 6.54 Å². The van der Waals surface area contributed by atoms with Crippen molar-refractivity contribution in [2.24, 2.45) is 12.5 Å². The first kappa shape index (κ1) is 12.6. The molecule has 0 saturated heterocycles. The second-order valence-corrected chi connectivity index (χ2v) is 5.52. The molecule has 1 aromatic rings. The zero-order valence-electron chi connectivity index (χ0n) is 11.4. The van der Waals surface area contributed by atoms with Crippen molar-refractivity contribution >= 4 is 0 Å². The van der Waals surface area contributed by atoms with E-state index in [4.69, 9.17) is 0 Å². The summed E-state index contributed by atoms with van der Waals surface area (Å²) in [6.45, 7) is 5.75. The summed E-state index contributed by atoms with van der Waals surface area (Å²) < 4.78 is 1.90. The average Bonchev–Trinajstić information content (AvgIpc) is 3.08. The van der Waals surface area contributed by atoms with Crippen molar-refractivity contribution in [3.8, 4) is 0 Å². The smallest absolute Gasteiger partial charge is 0.0630 e. The highest BCUT2D eigenvalue weighted by Gasteiger charge is 2.30. The molecule has 0 aromatic carbocycles. The Kier molecular flexibility index (Phi) is 3.87. The highest BCUT2D eigenvalue weighted by atomic mass is 15.2. The Morgan fingerprint density at radius 1 is 1.41 bits per heavy atom. The van der Waals surface area contributed by atoms with E-state index in [9.17, 15) is 0 Å². The third-order valence-electron chi connectivity index (χ3n) is 4.17. The van der Waals surface area contributed by atoms with Crippen LogP contribution in [0.15, 0.2) is 12.3 Å². The summed E-state index contributed by atoms with van der Waals surface area (Å²) in [5.41, 5.74) is 1.62. The van der Waals surface area contributed by atoms with Crippen molar-refractivity contribution in [2.45, 2.75) is 52.0 Å². The molecule has 1 aliphatic carbocycles. The molecule has 0 amide bonds. The van der Waals surface area contributed by atoms with Crippen molar-refractivity contribution < 1.29 is 0 Å². The van der Waals surface area contributed by atoms with Crippen molar-refractivity contribution in [3.63, 3.8) is 0 Å². The van der Waals surface area contributed by atoms with Gasteiger partial charge >= 0.3 is 0 Å². The summed E-state index contributed by atoms with van der Waals surface area (Å²) in [6.07, 6.45) is 8.32. The molecule has 1 fully saturated rings. The number of hydrogen-bond donors (Lipinski definition) is 1. The summed E-state index contributed by atoms with van der Waals surface area (Å²) in [5.74, 6) is 0. The minimum Gasteiger partial charge on any atom is -0.313 e. The van der Waals surface area contributed by atoms with Crippen LogP contribution >= 0.6 is 0 Å². The summed E-state index contributed by atoms with van der Waals surface area (Å²) in [6, 6.07) is 2.95. The lowest BCUT2D eigenvalue weighted by atomic mass is 9.78. The molecule has 1 aliphatic rings. The Balaban J connectivity index is 1.98. The minimum absolute atomic E-state index is 0.386. The molecular weight excluding hydrogens is 210 g/mol. The minimum atomic E-state index is 0.386. The normalized spacial score (nSPS) is 16.4. The van der Waals surface area contributed by atoms with E-state index in [1.54, 1.807) is 0 Å². The van der Waals surface area contributed by atoms with Gasteiger partial charge in [0.05, 0.1) is 5.69 Å². The molecule has 17 heavy (non-hydrogen) atoms. The van der Waals surface area contributed by atoms with Crippen LogP contribution < -0.4 is 5.32 Å². The fourth-order valence-corrected chi connectivity index (χ4v) is 2.40. The number of nitrogens with zero attached hydrogens (tertiary/aromatic N) is 2. The average molecular weight is 235 g/mol. The molecule has 0 atom stereocenters. The molecule has 3 nitrogen and oxygen atoms in total. The van der Waals surface area contributed by atoms with Gasteiger partial charge in [0.25, 0.3) is 0 Å². The van der Waals surface area contributed by atoms with E-state index in [-0.39, 0.29) is 0 Å². The van der Waals surface area contributed by atoms with E-state index in [0.717, 1.165) is 19.0 Å². The van der Waals surface area contributed by atoms with Crippen LogP contribution in [-0.4, -0.2) is 22.4 Å². The summed E-state index contributed by atoms with van der Waals surface area (Å²) in [7, 11) is 1.99. The molecule has 0 spiro atoms. The molecule has 0 aliphatic heterocycles. The first-order valence-corrected chi connectivity index (χ1v) is 6.89. The fraction of sp³-hybridized carbons (Fsp3) is 0.786. The molecule has 1 heterocycles. The molecule has 0 bridgehead atoms. The largest absolute Gasteiger partial charge is 0.313 e. The van der Waals surface area contributed by atoms with Crippen LogP contribution in [0.5, 0.6) is 0 Å².